The van der Waals surface area contributed by atoms with Gasteiger partial charge < -0.3 is 4.74 Å². The lowest BCUT2D eigenvalue weighted by Crippen LogP contribution is -2.81. The number of carbonyl (C=O) groups excluding carboxylic acids is 2. The molecule has 0 saturated carbocycles. The lowest BCUT2D eigenvalue weighted by Gasteiger charge is -2.44. The minimum Gasteiger partial charge on any atom is -0.465 e. The molecular weight excluding hydrogens is 923 g/mol. The van der Waals surface area contributed by atoms with Gasteiger partial charge >= 0.3 is 5.97 Å². The average Bonchev–Trinajstić information content (AvgIpc) is 3.29. The number of ether oxygens (including phenoxy) is 1. The zero-order chi connectivity index (χ0) is 48.0. The van der Waals surface area contributed by atoms with Crippen molar-refractivity contribution in [2.75, 3.05) is 7.11 Å². The first-order valence-electron chi connectivity index (χ1n) is 16.7. The number of carbonyl (C=O) groups is 2. The van der Waals surface area contributed by atoms with Gasteiger partial charge in [0.05, 0.1) is 25.1 Å². The maximum Gasteiger partial charge on any atom is 0.338 e. The van der Waals surface area contributed by atoms with Crippen molar-refractivity contribution in [3.05, 3.63) is 177 Å². The van der Waals surface area contributed by atoms with Crippen LogP contribution in [0.4, 0.5) is 87.8 Å². The summed E-state index contributed by atoms with van der Waals surface area (Å²) >= 11 is 0. The van der Waals surface area contributed by atoms with Gasteiger partial charge in [0, 0.05) is 5.56 Å². The molecule has 6 rings (SSSR count). The van der Waals surface area contributed by atoms with E-state index in [4.69, 9.17) is 0 Å². The third kappa shape index (κ3) is 7.52. The van der Waals surface area contributed by atoms with Gasteiger partial charge in [-0.1, -0.05) is 18.2 Å². The minimum atomic E-state index is -7.22. The number of methoxy groups -OCH3 is 1. The van der Waals surface area contributed by atoms with Gasteiger partial charge in [-0.3, -0.25) is 9.78 Å². The molecule has 0 radical (unpaired) electrons. The smallest absolute Gasteiger partial charge is 0.338 e. The zero-order valence-electron chi connectivity index (χ0n) is 30.6. The van der Waals surface area contributed by atoms with E-state index in [2.05, 4.69) is 9.72 Å². The van der Waals surface area contributed by atoms with E-state index in [-0.39, 0.29) is 17.9 Å². The SMILES string of the molecule is COC(=O)c1ccccc1C(=O)C[n+]1ccncc1.Fc1c(F)c(F)c([B-](c2c(F)c(F)c(F)c(F)c2F)(c2c(F)c(F)c(F)c(F)c2F)c2c(F)c(F)c(F)c(F)c2F)c(F)c1F. The number of ketones is 1. The fourth-order valence-electron chi connectivity index (χ4n) is 6.59. The molecule has 0 saturated heterocycles. The van der Waals surface area contributed by atoms with Gasteiger partial charge in [-0.15, -0.1) is 21.9 Å². The largest absolute Gasteiger partial charge is 0.465 e. The number of nitrogens with zero attached hydrogens (tertiary/aromatic N) is 2. The van der Waals surface area contributed by atoms with Crippen LogP contribution in [0.1, 0.15) is 20.7 Å². The van der Waals surface area contributed by atoms with E-state index in [1.165, 1.54) is 7.11 Å². The van der Waals surface area contributed by atoms with Gasteiger partial charge in [-0.05, 0) is 6.07 Å². The highest BCUT2D eigenvalue weighted by Crippen LogP contribution is 2.30. The first-order valence-corrected chi connectivity index (χ1v) is 16.7. The van der Waals surface area contributed by atoms with Gasteiger partial charge in [0.2, 0.25) is 12.3 Å². The van der Waals surface area contributed by atoms with E-state index in [0.717, 1.165) is 0 Å². The standard InChI is InChI=1S/C24BF20.C14H13N2O3/c26-5-1(6(27)14(35)21(42)13(5)34)25(2-7(28)15(36)22(43)16(37)8(2)29,3-9(30)17(38)23(44)18(39)10(3)31)4-11(32)19(40)24(45)20(41)12(4)33;1-19-14(18)12-5-3-2-4-11(12)13(17)10-16-8-6-15-7-9-16/h;2-9H,10H2,1H3/q-1;+1. The van der Waals surface area contributed by atoms with E-state index in [0.29, 0.717) is 5.56 Å². The predicted molar refractivity (Wildman–Crippen MR) is 176 cm³/mol. The van der Waals surface area contributed by atoms with Crippen molar-refractivity contribution in [2.45, 2.75) is 6.54 Å². The highest BCUT2D eigenvalue weighted by molar-refractivity contribution is 7.20. The molecule has 5 nitrogen and oxygen atoms in total. The zero-order valence-corrected chi connectivity index (χ0v) is 30.6. The van der Waals surface area contributed by atoms with E-state index in [1.54, 1.807) is 53.6 Å². The van der Waals surface area contributed by atoms with Crippen LogP contribution in [0, 0.1) is 116 Å². The molecule has 0 N–H and O–H groups in total. The van der Waals surface area contributed by atoms with Gasteiger partial charge in [0.1, 0.15) is 52.7 Å². The normalized spacial score (nSPS) is 11.4. The highest BCUT2D eigenvalue weighted by atomic mass is 19.2. The molecule has 26 heteroatoms. The van der Waals surface area contributed by atoms with E-state index in [9.17, 15) is 62.3 Å². The summed E-state index contributed by atoms with van der Waals surface area (Å²) in [6.45, 7) is 0.149. The monoisotopic (exact) mass is 936 g/mol. The second kappa shape index (κ2) is 18.0. The molecule has 1 aromatic heterocycles. The summed E-state index contributed by atoms with van der Waals surface area (Å²) in [4.78, 5) is 27.7. The third-order valence-electron chi connectivity index (χ3n) is 9.35. The average molecular weight is 936 g/mol. The predicted octanol–water partition coefficient (Wildman–Crippen LogP) is 6.88. The lowest BCUT2D eigenvalue weighted by molar-refractivity contribution is -0.683. The topological polar surface area (TPSA) is 60.1 Å². The second-order valence-electron chi connectivity index (χ2n) is 12.7. The van der Waals surface area contributed by atoms with E-state index < -0.39 is 150 Å². The van der Waals surface area contributed by atoms with Crippen LogP contribution < -0.4 is 26.4 Å². The first-order chi connectivity index (χ1) is 29.9. The number of aromatic nitrogens is 2. The Labute approximate surface area is 341 Å². The summed E-state index contributed by atoms with van der Waals surface area (Å²) in [5.41, 5.74) is -13.7. The van der Waals surface area contributed by atoms with E-state index in [1.807, 2.05) is 0 Å². The molecule has 336 valence electrons. The van der Waals surface area contributed by atoms with Crippen molar-refractivity contribution >= 4 is 39.7 Å². The number of halogens is 20. The van der Waals surface area contributed by atoms with Crippen LogP contribution in [0.3, 0.4) is 0 Å². The molecular formula is C38H13BF20N2O3. The van der Waals surface area contributed by atoms with Crippen LogP contribution in [-0.2, 0) is 11.3 Å². The van der Waals surface area contributed by atoms with Crippen LogP contribution in [0.15, 0.2) is 49.1 Å². The van der Waals surface area contributed by atoms with Crippen molar-refractivity contribution in [2.24, 2.45) is 0 Å². The van der Waals surface area contributed by atoms with Crippen LogP contribution in [0.25, 0.3) is 0 Å². The molecule has 0 bridgehead atoms. The summed E-state index contributed by atoms with van der Waals surface area (Å²) in [5, 5.41) is 0. The Morgan fingerprint density at radius 2 is 0.688 bits per heavy atom. The molecule has 64 heavy (non-hydrogen) atoms. The number of benzene rings is 5. The van der Waals surface area contributed by atoms with E-state index >= 15 is 35.1 Å². The number of rotatable bonds is 8. The summed E-state index contributed by atoms with van der Waals surface area (Å²) in [7, 11) is 1.29. The molecule has 0 aliphatic carbocycles. The molecule has 0 spiro atoms. The fourth-order valence-corrected chi connectivity index (χ4v) is 6.59. The molecule has 0 fully saturated rings. The van der Waals surface area contributed by atoms with Gasteiger partial charge in [-0.2, -0.15) is 4.57 Å². The molecule has 6 aromatic rings. The highest BCUT2D eigenvalue weighted by Gasteiger charge is 2.52. The first kappa shape index (κ1) is 48.0. The van der Waals surface area contributed by atoms with Gasteiger partial charge in [-0.25, -0.2) is 92.6 Å². The summed E-state index contributed by atoms with van der Waals surface area (Å²) < 4.78 is 300. The summed E-state index contributed by atoms with van der Waals surface area (Å²) in [6.07, 6.45) is -0.637. The number of hydrogen-bond donors (Lipinski definition) is 0. The molecule has 0 aliphatic heterocycles. The van der Waals surface area contributed by atoms with Crippen LogP contribution in [0.2, 0.25) is 0 Å². The molecule has 0 unspecified atom stereocenters. The summed E-state index contributed by atoms with van der Waals surface area (Å²) in [6, 6.07) is 6.62. The van der Waals surface area contributed by atoms with Crippen molar-refractivity contribution in [3.8, 4) is 0 Å². The fraction of sp³-hybridized carbons (Fsp3) is 0.0526. The molecule has 0 atom stereocenters. The maximum atomic E-state index is 15.4. The minimum absolute atomic E-state index is 0.149. The molecule has 5 aromatic carbocycles. The van der Waals surface area contributed by atoms with Crippen molar-refractivity contribution in [1.29, 1.82) is 0 Å². The Hall–Kier alpha value is -7.02. The second-order valence-corrected chi connectivity index (χ2v) is 12.7. The Kier molecular flexibility index (Phi) is 13.5. The summed E-state index contributed by atoms with van der Waals surface area (Å²) in [5.74, 6) is -72.1. The quantitative estimate of drug-likeness (QED) is 0.0318. The van der Waals surface area contributed by atoms with Crippen LogP contribution in [-0.4, -0.2) is 30.0 Å². The van der Waals surface area contributed by atoms with Crippen molar-refractivity contribution in [1.82, 2.24) is 4.98 Å². The maximum absolute atomic E-state index is 15.4. The molecule has 1 heterocycles. The number of Topliss-reactive ketones (excluding diaryl/α,β-unsaturated/α-hetero) is 1. The Morgan fingerprint density at radius 1 is 0.438 bits per heavy atom. The Balaban J connectivity index is 0.000000337. The third-order valence-corrected chi connectivity index (χ3v) is 9.35. The molecule has 0 aliphatic rings. The van der Waals surface area contributed by atoms with Gasteiger partial charge in [0.15, 0.2) is 82.2 Å². The molecule has 0 amide bonds. The Bertz CT molecular complexity index is 2520. The van der Waals surface area contributed by atoms with Crippen LogP contribution in [0.5, 0.6) is 0 Å². The van der Waals surface area contributed by atoms with Gasteiger partial charge in [0.25, 0.3) is 0 Å². The van der Waals surface area contributed by atoms with Crippen molar-refractivity contribution < 1.29 is 107 Å². The van der Waals surface area contributed by atoms with Crippen molar-refractivity contribution in [3.63, 3.8) is 0 Å². The lowest BCUT2D eigenvalue weighted by atomic mass is 9.12. The number of hydrogen-bond acceptors (Lipinski definition) is 4. The van der Waals surface area contributed by atoms with Crippen LogP contribution >= 0.6 is 0 Å². The number of esters is 1. The Morgan fingerprint density at radius 3 is 0.953 bits per heavy atom.